The first-order chi connectivity index (χ1) is 11.2. The Morgan fingerprint density at radius 1 is 1.09 bits per heavy atom. The summed E-state index contributed by atoms with van der Waals surface area (Å²) >= 11 is 0. The normalized spacial score (nSPS) is 10.8. The molecule has 4 nitrogen and oxygen atoms in total. The van der Waals surface area contributed by atoms with Gasteiger partial charge in [0, 0.05) is 17.2 Å². The molecule has 3 aromatic rings. The predicted molar refractivity (Wildman–Crippen MR) is 81.8 cm³/mol. The minimum atomic E-state index is -0.624. The Hall–Kier alpha value is -3.33. The van der Waals surface area contributed by atoms with Crippen LogP contribution in [0.25, 0.3) is 23.4 Å². The molecule has 112 valence electrons. The van der Waals surface area contributed by atoms with E-state index in [4.69, 9.17) is 5.26 Å². The fourth-order valence-corrected chi connectivity index (χ4v) is 2.12. The number of nitriles is 1. The number of nitrogens with zero attached hydrogens (tertiary/aromatic N) is 3. The van der Waals surface area contributed by atoms with E-state index in [0.29, 0.717) is 5.69 Å². The summed E-state index contributed by atoms with van der Waals surface area (Å²) in [4.78, 5) is 0. The number of hydrogen-bond donors (Lipinski definition) is 1. The van der Waals surface area contributed by atoms with Gasteiger partial charge in [-0.05, 0) is 23.8 Å². The zero-order chi connectivity index (χ0) is 16.2. The number of nitrogens with one attached hydrogen (secondary N) is 1. The maximum atomic E-state index is 13.6. The second-order valence-corrected chi connectivity index (χ2v) is 4.77. The van der Waals surface area contributed by atoms with Crippen LogP contribution in [-0.2, 0) is 0 Å². The quantitative estimate of drug-likeness (QED) is 0.749. The molecular formula is C17H10F2N4. The van der Waals surface area contributed by atoms with Crippen molar-refractivity contribution in [2.24, 2.45) is 0 Å². The number of benzene rings is 2. The van der Waals surface area contributed by atoms with E-state index in [1.807, 2.05) is 12.1 Å². The summed E-state index contributed by atoms with van der Waals surface area (Å²) in [5.74, 6) is -1.24. The lowest BCUT2D eigenvalue weighted by atomic mass is 10.1. The molecule has 0 radical (unpaired) electrons. The minimum Gasteiger partial charge on any atom is -0.247 e. The first-order valence-electron chi connectivity index (χ1n) is 6.72. The van der Waals surface area contributed by atoms with Crippen molar-refractivity contribution in [3.63, 3.8) is 0 Å². The molecule has 0 unspecified atom stereocenters. The zero-order valence-electron chi connectivity index (χ0n) is 11.8. The minimum absolute atomic E-state index is 0.274. The molecule has 1 N–H and O–H groups in total. The fraction of sp³-hybridized carbons (Fsp3) is 0. The molecule has 0 bridgehead atoms. The van der Waals surface area contributed by atoms with Gasteiger partial charge in [-0.25, -0.2) is 13.9 Å². The molecule has 0 aliphatic heterocycles. The SMILES string of the molecule is N#Cc1[nH]nnc1-c1cccc(C=Cc2ccc(F)cc2F)c1. The predicted octanol–water partition coefficient (Wildman–Crippen LogP) is 3.79. The van der Waals surface area contributed by atoms with E-state index in [1.54, 1.807) is 30.4 Å². The summed E-state index contributed by atoms with van der Waals surface area (Å²) < 4.78 is 26.5. The molecule has 23 heavy (non-hydrogen) atoms. The van der Waals surface area contributed by atoms with Crippen molar-refractivity contribution < 1.29 is 8.78 Å². The highest BCUT2D eigenvalue weighted by Crippen LogP contribution is 2.21. The molecule has 0 aliphatic carbocycles. The van der Waals surface area contributed by atoms with E-state index in [0.717, 1.165) is 17.2 Å². The van der Waals surface area contributed by atoms with Crippen molar-refractivity contribution in [1.82, 2.24) is 15.4 Å². The van der Waals surface area contributed by atoms with Gasteiger partial charge in [-0.1, -0.05) is 35.6 Å². The molecule has 1 heterocycles. The van der Waals surface area contributed by atoms with Gasteiger partial charge in [0.2, 0.25) is 0 Å². The molecule has 3 rings (SSSR count). The van der Waals surface area contributed by atoms with E-state index in [1.165, 1.54) is 12.1 Å². The standard InChI is InChI=1S/C17H10F2N4/c18-14-7-6-12(15(19)9-14)5-4-11-2-1-3-13(8-11)17-16(10-20)21-23-22-17/h1-9H,(H,21,22,23). The number of aromatic amines is 1. The van der Waals surface area contributed by atoms with Gasteiger partial charge in [0.05, 0.1) is 0 Å². The summed E-state index contributed by atoms with van der Waals surface area (Å²) in [7, 11) is 0. The Morgan fingerprint density at radius 3 is 2.74 bits per heavy atom. The van der Waals surface area contributed by atoms with Gasteiger partial charge in [0.25, 0.3) is 0 Å². The Bertz CT molecular complexity index is 922. The van der Waals surface area contributed by atoms with Crippen LogP contribution in [0.15, 0.2) is 42.5 Å². The monoisotopic (exact) mass is 308 g/mol. The molecule has 6 heteroatoms. The Balaban J connectivity index is 1.91. The molecule has 0 amide bonds. The van der Waals surface area contributed by atoms with E-state index < -0.39 is 11.6 Å². The molecule has 2 aromatic carbocycles. The van der Waals surface area contributed by atoms with Gasteiger partial charge < -0.3 is 0 Å². The third kappa shape index (κ3) is 3.14. The lowest BCUT2D eigenvalue weighted by Gasteiger charge is -2.00. The van der Waals surface area contributed by atoms with Gasteiger partial charge in [-0.2, -0.15) is 5.26 Å². The van der Waals surface area contributed by atoms with Crippen LogP contribution in [0, 0.1) is 23.0 Å². The van der Waals surface area contributed by atoms with Crippen LogP contribution in [0.1, 0.15) is 16.8 Å². The van der Waals surface area contributed by atoms with Crippen LogP contribution in [-0.4, -0.2) is 15.4 Å². The molecule has 1 aromatic heterocycles. The maximum absolute atomic E-state index is 13.6. The van der Waals surface area contributed by atoms with Crippen molar-refractivity contribution >= 4 is 12.2 Å². The fourth-order valence-electron chi connectivity index (χ4n) is 2.12. The van der Waals surface area contributed by atoms with E-state index in [2.05, 4.69) is 15.4 Å². The summed E-state index contributed by atoms with van der Waals surface area (Å²) in [6.07, 6.45) is 3.26. The summed E-state index contributed by atoms with van der Waals surface area (Å²) in [5.41, 5.74) is 2.53. The largest absolute Gasteiger partial charge is 0.247 e. The third-order valence-corrected chi connectivity index (χ3v) is 3.24. The van der Waals surface area contributed by atoms with Gasteiger partial charge >= 0.3 is 0 Å². The van der Waals surface area contributed by atoms with Gasteiger partial charge in [0.15, 0.2) is 5.69 Å². The number of halogens is 2. The summed E-state index contributed by atoms with van der Waals surface area (Å²) in [6.45, 7) is 0. The lowest BCUT2D eigenvalue weighted by Crippen LogP contribution is -1.85. The Kier molecular flexibility index (Phi) is 3.93. The average molecular weight is 308 g/mol. The van der Waals surface area contributed by atoms with Crippen molar-refractivity contribution in [1.29, 1.82) is 5.26 Å². The van der Waals surface area contributed by atoms with Crippen LogP contribution < -0.4 is 0 Å². The molecule has 0 saturated carbocycles. The second-order valence-electron chi connectivity index (χ2n) is 4.77. The number of rotatable bonds is 3. The lowest BCUT2D eigenvalue weighted by molar-refractivity contribution is 0.581. The Morgan fingerprint density at radius 2 is 1.96 bits per heavy atom. The topological polar surface area (TPSA) is 65.4 Å². The highest BCUT2D eigenvalue weighted by Gasteiger charge is 2.09. The van der Waals surface area contributed by atoms with E-state index in [-0.39, 0.29) is 11.3 Å². The maximum Gasteiger partial charge on any atom is 0.163 e. The van der Waals surface area contributed by atoms with Crippen molar-refractivity contribution in [2.75, 3.05) is 0 Å². The highest BCUT2D eigenvalue weighted by atomic mass is 19.1. The molecule has 0 atom stereocenters. The van der Waals surface area contributed by atoms with E-state index in [9.17, 15) is 8.78 Å². The highest BCUT2D eigenvalue weighted by molar-refractivity contribution is 5.74. The molecular weight excluding hydrogens is 298 g/mol. The van der Waals surface area contributed by atoms with Crippen LogP contribution in [0.5, 0.6) is 0 Å². The average Bonchev–Trinajstić information content (AvgIpc) is 3.03. The van der Waals surface area contributed by atoms with Crippen LogP contribution >= 0.6 is 0 Å². The number of aromatic nitrogens is 3. The van der Waals surface area contributed by atoms with E-state index >= 15 is 0 Å². The summed E-state index contributed by atoms with van der Waals surface area (Å²) in [5, 5.41) is 19.0. The zero-order valence-corrected chi connectivity index (χ0v) is 11.8. The van der Waals surface area contributed by atoms with Crippen molar-refractivity contribution in [3.8, 4) is 17.3 Å². The van der Waals surface area contributed by atoms with Crippen LogP contribution in [0.4, 0.5) is 8.78 Å². The molecule has 0 aliphatic rings. The smallest absolute Gasteiger partial charge is 0.163 e. The molecule has 0 spiro atoms. The molecule has 0 fully saturated rings. The van der Waals surface area contributed by atoms with Gasteiger partial charge in [0.1, 0.15) is 23.4 Å². The number of hydrogen-bond acceptors (Lipinski definition) is 3. The first-order valence-corrected chi connectivity index (χ1v) is 6.72. The summed E-state index contributed by atoms with van der Waals surface area (Å²) in [6, 6.07) is 12.6. The first kappa shape index (κ1) is 14.6. The van der Waals surface area contributed by atoms with Gasteiger partial charge in [-0.3, -0.25) is 0 Å². The molecule has 0 saturated heterocycles. The third-order valence-electron chi connectivity index (χ3n) is 3.24. The van der Waals surface area contributed by atoms with Crippen molar-refractivity contribution in [3.05, 3.63) is 70.9 Å². The van der Waals surface area contributed by atoms with Crippen LogP contribution in [0.2, 0.25) is 0 Å². The number of H-pyrrole nitrogens is 1. The Labute approximate surface area is 130 Å². The van der Waals surface area contributed by atoms with Crippen LogP contribution in [0.3, 0.4) is 0 Å². The second kappa shape index (κ2) is 6.20. The van der Waals surface area contributed by atoms with Gasteiger partial charge in [-0.15, -0.1) is 5.10 Å². The van der Waals surface area contributed by atoms with Crippen molar-refractivity contribution in [2.45, 2.75) is 0 Å².